The first kappa shape index (κ1) is 15.0. The first-order valence-corrected chi connectivity index (χ1v) is 7.74. The number of amides is 2. The van der Waals surface area contributed by atoms with Gasteiger partial charge in [0.15, 0.2) is 0 Å². The topological polar surface area (TPSA) is 49.4 Å². The molecule has 2 amide bonds. The van der Waals surface area contributed by atoms with Gasteiger partial charge in [-0.3, -0.25) is 9.59 Å². The summed E-state index contributed by atoms with van der Waals surface area (Å²) in [5.74, 6) is -0.193. The second kappa shape index (κ2) is 5.56. The zero-order valence-electron chi connectivity index (χ0n) is 12.5. The van der Waals surface area contributed by atoms with Gasteiger partial charge in [-0.05, 0) is 16.9 Å². The Morgan fingerprint density at radius 2 is 2.20 bits per heavy atom. The number of likely N-dealkylation sites (tertiary alicyclic amines) is 1. The molecule has 1 aromatic rings. The summed E-state index contributed by atoms with van der Waals surface area (Å²) in [7, 11) is 1.75. The van der Waals surface area contributed by atoms with Crippen molar-refractivity contribution < 1.29 is 9.59 Å². The molecule has 2 heterocycles. The highest BCUT2D eigenvalue weighted by atomic mass is 32.1. The molecule has 0 radical (unpaired) electrons. The van der Waals surface area contributed by atoms with Crippen molar-refractivity contribution in [2.24, 2.45) is 11.3 Å². The number of carbonyl (C=O) groups excluding carboxylic acids is 2. The maximum absolute atomic E-state index is 12.4. The molecule has 5 heteroatoms. The van der Waals surface area contributed by atoms with Crippen molar-refractivity contribution in [2.45, 2.75) is 33.2 Å². The molecule has 2 atom stereocenters. The maximum atomic E-state index is 12.4. The molecule has 1 fully saturated rings. The van der Waals surface area contributed by atoms with Gasteiger partial charge in [-0.25, -0.2) is 0 Å². The summed E-state index contributed by atoms with van der Waals surface area (Å²) < 4.78 is 0. The average molecular weight is 294 g/mol. The molecule has 1 saturated heterocycles. The molecule has 1 aliphatic rings. The molecule has 0 aliphatic carbocycles. The quantitative estimate of drug-likeness (QED) is 0.931. The van der Waals surface area contributed by atoms with E-state index in [1.54, 1.807) is 23.3 Å². The van der Waals surface area contributed by atoms with Crippen LogP contribution in [0.3, 0.4) is 0 Å². The highest BCUT2D eigenvalue weighted by Gasteiger charge is 2.35. The van der Waals surface area contributed by atoms with E-state index < -0.39 is 0 Å². The third-order valence-corrected chi connectivity index (χ3v) is 4.63. The Labute approximate surface area is 124 Å². The Balaban J connectivity index is 2.09. The van der Waals surface area contributed by atoms with Gasteiger partial charge in [0, 0.05) is 24.9 Å². The van der Waals surface area contributed by atoms with Gasteiger partial charge >= 0.3 is 0 Å². The molecule has 0 unspecified atom stereocenters. The zero-order valence-corrected chi connectivity index (χ0v) is 13.3. The van der Waals surface area contributed by atoms with Crippen LogP contribution in [0, 0.1) is 11.3 Å². The molecule has 1 aliphatic heterocycles. The Morgan fingerprint density at radius 1 is 1.50 bits per heavy atom. The fraction of sp³-hybridized carbons (Fsp3) is 0.600. The molecular formula is C15H22N2O2S. The smallest absolute Gasteiger partial charge is 0.225 e. The Kier molecular flexibility index (Phi) is 4.18. The van der Waals surface area contributed by atoms with Gasteiger partial charge in [0.1, 0.15) is 0 Å². The third kappa shape index (κ3) is 3.20. The van der Waals surface area contributed by atoms with Crippen molar-refractivity contribution in [2.75, 3.05) is 13.6 Å². The average Bonchev–Trinajstić information content (AvgIpc) is 2.95. The van der Waals surface area contributed by atoms with Gasteiger partial charge in [-0.2, -0.15) is 0 Å². The summed E-state index contributed by atoms with van der Waals surface area (Å²) in [6, 6.07) is 4.03. The number of carbonyl (C=O) groups is 2. The molecule has 1 aromatic heterocycles. The second-order valence-corrected chi connectivity index (χ2v) is 7.48. The summed E-state index contributed by atoms with van der Waals surface area (Å²) in [6.45, 7) is 6.86. The summed E-state index contributed by atoms with van der Waals surface area (Å²) in [6.07, 6.45) is 0.323. The van der Waals surface area contributed by atoms with Crippen LogP contribution in [0.4, 0.5) is 0 Å². The van der Waals surface area contributed by atoms with Gasteiger partial charge in [0.25, 0.3) is 0 Å². The minimum absolute atomic E-state index is 0.0176. The van der Waals surface area contributed by atoms with Crippen LogP contribution in [0.1, 0.15) is 38.1 Å². The van der Waals surface area contributed by atoms with Crippen molar-refractivity contribution in [3.05, 3.63) is 22.4 Å². The molecule has 0 bridgehead atoms. The van der Waals surface area contributed by atoms with Crippen molar-refractivity contribution >= 4 is 23.2 Å². The largest absolute Gasteiger partial charge is 0.348 e. The SMILES string of the molecule is CN1C[C@H](C(=O)N[C@@H](c2cccs2)C(C)(C)C)CC1=O. The lowest BCUT2D eigenvalue weighted by Gasteiger charge is -2.31. The van der Waals surface area contributed by atoms with Gasteiger partial charge in [-0.15, -0.1) is 11.3 Å². The summed E-state index contributed by atoms with van der Waals surface area (Å²) in [5.41, 5.74) is -0.0605. The van der Waals surface area contributed by atoms with E-state index in [4.69, 9.17) is 0 Å². The lowest BCUT2D eigenvalue weighted by atomic mass is 9.85. The predicted octanol–water partition coefficient (Wildman–Crippen LogP) is 2.43. The summed E-state index contributed by atoms with van der Waals surface area (Å²) in [4.78, 5) is 26.7. The van der Waals surface area contributed by atoms with Gasteiger partial charge < -0.3 is 10.2 Å². The number of thiophene rings is 1. The molecular weight excluding hydrogens is 272 g/mol. The fourth-order valence-corrected chi connectivity index (χ4v) is 3.49. The number of nitrogens with zero attached hydrogens (tertiary/aromatic N) is 1. The van der Waals surface area contributed by atoms with Crippen LogP contribution < -0.4 is 5.32 Å². The lowest BCUT2D eigenvalue weighted by Crippen LogP contribution is -2.40. The van der Waals surface area contributed by atoms with Crippen LogP contribution in [0.25, 0.3) is 0 Å². The van der Waals surface area contributed by atoms with E-state index in [1.807, 2.05) is 17.5 Å². The van der Waals surface area contributed by atoms with E-state index >= 15 is 0 Å². The van der Waals surface area contributed by atoms with Crippen molar-refractivity contribution in [3.8, 4) is 0 Å². The van der Waals surface area contributed by atoms with E-state index in [0.29, 0.717) is 13.0 Å². The van der Waals surface area contributed by atoms with Gasteiger partial charge in [0.05, 0.1) is 12.0 Å². The number of hydrogen-bond acceptors (Lipinski definition) is 3. The number of hydrogen-bond donors (Lipinski definition) is 1. The van der Waals surface area contributed by atoms with Gasteiger partial charge in [0.2, 0.25) is 11.8 Å². The van der Waals surface area contributed by atoms with Crippen LogP contribution in [-0.2, 0) is 9.59 Å². The molecule has 4 nitrogen and oxygen atoms in total. The molecule has 110 valence electrons. The normalized spacial score (nSPS) is 21.1. The van der Waals surface area contributed by atoms with Crippen LogP contribution >= 0.6 is 11.3 Å². The van der Waals surface area contributed by atoms with E-state index in [-0.39, 0.29) is 29.2 Å². The summed E-state index contributed by atoms with van der Waals surface area (Å²) >= 11 is 1.65. The van der Waals surface area contributed by atoms with Crippen molar-refractivity contribution in [1.29, 1.82) is 0 Å². The van der Waals surface area contributed by atoms with E-state index in [2.05, 4.69) is 26.1 Å². The maximum Gasteiger partial charge on any atom is 0.225 e. The van der Waals surface area contributed by atoms with E-state index in [1.165, 1.54) is 0 Å². The monoisotopic (exact) mass is 294 g/mol. The van der Waals surface area contributed by atoms with Crippen molar-refractivity contribution in [3.63, 3.8) is 0 Å². The number of rotatable bonds is 3. The van der Waals surface area contributed by atoms with E-state index in [0.717, 1.165) is 4.88 Å². The first-order chi connectivity index (χ1) is 9.29. The van der Waals surface area contributed by atoms with E-state index in [9.17, 15) is 9.59 Å². The molecule has 0 spiro atoms. The molecule has 0 saturated carbocycles. The zero-order chi connectivity index (χ0) is 14.9. The standard InChI is InChI=1S/C15H22N2O2S/c1-15(2,3)13(11-6-5-7-20-11)16-14(19)10-8-12(18)17(4)9-10/h5-7,10,13H,8-9H2,1-4H3,(H,16,19)/t10-,13+/m1/s1. The van der Waals surface area contributed by atoms with Crippen molar-refractivity contribution in [1.82, 2.24) is 10.2 Å². The minimum Gasteiger partial charge on any atom is -0.348 e. The minimum atomic E-state index is -0.225. The highest BCUT2D eigenvalue weighted by Crippen LogP contribution is 2.35. The molecule has 20 heavy (non-hydrogen) atoms. The third-order valence-electron chi connectivity index (χ3n) is 3.69. The first-order valence-electron chi connectivity index (χ1n) is 6.87. The Hall–Kier alpha value is -1.36. The highest BCUT2D eigenvalue weighted by molar-refractivity contribution is 7.10. The molecule has 1 N–H and O–H groups in total. The molecule has 0 aromatic carbocycles. The van der Waals surface area contributed by atoms with Crippen LogP contribution in [0.15, 0.2) is 17.5 Å². The fourth-order valence-electron chi connectivity index (χ4n) is 2.47. The van der Waals surface area contributed by atoms with Crippen LogP contribution in [0.2, 0.25) is 0 Å². The number of nitrogens with one attached hydrogen (secondary N) is 1. The molecule has 2 rings (SSSR count). The van der Waals surface area contributed by atoms with Crippen LogP contribution in [-0.4, -0.2) is 30.3 Å². The summed E-state index contributed by atoms with van der Waals surface area (Å²) in [5, 5.41) is 5.16. The predicted molar refractivity (Wildman–Crippen MR) is 80.4 cm³/mol. The Bertz CT molecular complexity index is 490. The van der Waals surface area contributed by atoms with Crippen LogP contribution in [0.5, 0.6) is 0 Å². The lowest BCUT2D eigenvalue weighted by molar-refractivity contribution is -0.129. The Morgan fingerprint density at radius 3 is 2.65 bits per heavy atom. The second-order valence-electron chi connectivity index (χ2n) is 6.50. The van der Waals surface area contributed by atoms with Gasteiger partial charge in [-0.1, -0.05) is 26.8 Å².